The van der Waals surface area contributed by atoms with E-state index in [9.17, 15) is 0 Å². The van der Waals surface area contributed by atoms with Crippen LogP contribution < -0.4 is 10.1 Å². The molecule has 0 heterocycles. The summed E-state index contributed by atoms with van der Waals surface area (Å²) in [5.41, 5.74) is 4.59. The van der Waals surface area contributed by atoms with Gasteiger partial charge in [-0.25, -0.2) is 0 Å². The highest BCUT2D eigenvalue weighted by molar-refractivity contribution is 6.31. The molecule has 0 bridgehead atoms. The quantitative estimate of drug-likeness (QED) is 0.867. The number of ether oxygens (including phenoxy) is 1. The summed E-state index contributed by atoms with van der Waals surface area (Å²) in [6, 6.07) is 12.4. The van der Waals surface area contributed by atoms with Gasteiger partial charge in [0, 0.05) is 5.02 Å². The minimum atomic E-state index is 0.0898. The van der Waals surface area contributed by atoms with E-state index in [0.717, 1.165) is 34.0 Å². The minimum Gasteiger partial charge on any atom is -0.496 e. The van der Waals surface area contributed by atoms with Crippen LogP contribution in [0, 0.1) is 13.8 Å². The molecule has 0 aliphatic rings. The first-order chi connectivity index (χ1) is 10.1. The Labute approximate surface area is 132 Å². The SMILES string of the molecule is CCNC(c1cc(C)c(OC)c(C)c1)c1ccccc1Cl. The fourth-order valence-corrected chi connectivity index (χ4v) is 3.04. The fourth-order valence-electron chi connectivity index (χ4n) is 2.79. The number of hydrogen-bond donors (Lipinski definition) is 1. The van der Waals surface area contributed by atoms with Crippen LogP contribution in [-0.2, 0) is 0 Å². The van der Waals surface area contributed by atoms with Gasteiger partial charge in [-0.05, 0) is 48.7 Å². The van der Waals surface area contributed by atoms with E-state index in [1.165, 1.54) is 5.56 Å². The zero-order valence-corrected chi connectivity index (χ0v) is 13.8. The van der Waals surface area contributed by atoms with Gasteiger partial charge in [0.25, 0.3) is 0 Å². The average molecular weight is 304 g/mol. The molecule has 1 atom stereocenters. The molecule has 3 heteroatoms. The average Bonchev–Trinajstić information content (AvgIpc) is 2.45. The van der Waals surface area contributed by atoms with Crippen molar-refractivity contribution in [3.63, 3.8) is 0 Å². The van der Waals surface area contributed by atoms with Crippen molar-refractivity contribution in [2.75, 3.05) is 13.7 Å². The largest absolute Gasteiger partial charge is 0.496 e. The predicted molar refractivity (Wildman–Crippen MR) is 89.4 cm³/mol. The van der Waals surface area contributed by atoms with Crippen molar-refractivity contribution in [3.05, 3.63) is 63.7 Å². The van der Waals surface area contributed by atoms with Crippen LogP contribution in [0.1, 0.15) is 35.2 Å². The molecule has 2 nitrogen and oxygen atoms in total. The Hall–Kier alpha value is -1.51. The van der Waals surface area contributed by atoms with E-state index < -0.39 is 0 Å². The van der Waals surface area contributed by atoms with Gasteiger partial charge in [0.15, 0.2) is 0 Å². The molecule has 0 saturated carbocycles. The molecule has 2 aromatic carbocycles. The van der Waals surface area contributed by atoms with Crippen LogP contribution in [0.3, 0.4) is 0 Å². The number of hydrogen-bond acceptors (Lipinski definition) is 2. The fraction of sp³-hybridized carbons (Fsp3) is 0.333. The smallest absolute Gasteiger partial charge is 0.124 e. The summed E-state index contributed by atoms with van der Waals surface area (Å²) in [6.45, 7) is 7.13. The second kappa shape index (κ2) is 6.97. The summed E-state index contributed by atoms with van der Waals surface area (Å²) in [5.74, 6) is 0.952. The van der Waals surface area contributed by atoms with Crippen molar-refractivity contribution >= 4 is 11.6 Å². The summed E-state index contributed by atoms with van der Waals surface area (Å²) in [7, 11) is 1.71. The minimum absolute atomic E-state index is 0.0898. The van der Waals surface area contributed by atoms with Crippen LogP contribution >= 0.6 is 11.6 Å². The number of rotatable bonds is 5. The second-order valence-electron chi connectivity index (χ2n) is 5.20. The Kier molecular flexibility index (Phi) is 5.27. The van der Waals surface area contributed by atoms with E-state index in [4.69, 9.17) is 16.3 Å². The lowest BCUT2D eigenvalue weighted by Crippen LogP contribution is -2.22. The Bertz CT molecular complexity index is 601. The molecule has 0 aromatic heterocycles. The maximum atomic E-state index is 6.38. The standard InChI is InChI=1S/C18H22ClNO/c1-5-20-17(15-8-6-7-9-16(15)19)14-10-12(2)18(21-4)13(3)11-14/h6-11,17,20H,5H2,1-4H3. The van der Waals surface area contributed by atoms with Gasteiger partial charge in [-0.2, -0.15) is 0 Å². The first-order valence-corrected chi connectivity index (χ1v) is 7.59. The van der Waals surface area contributed by atoms with Gasteiger partial charge in [0.1, 0.15) is 5.75 Å². The van der Waals surface area contributed by atoms with Crippen LogP contribution in [0.2, 0.25) is 5.02 Å². The van der Waals surface area contributed by atoms with Crippen LogP contribution in [-0.4, -0.2) is 13.7 Å². The highest BCUT2D eigenvalue weighted by Crippen LogP contribution is 2.32. The number of halogens is 1. The molecule has 2 rings (SSSR count). The van der Waals surface area contributed by atoms with E-state index in [1.807, 2.05) is 18.2 Å². The molecule has 0 spiro atoms. The normalized spacial score (nSPS) is 12.2. The van der Waals surface area contributed by atoms with Crippen molar-refractivity contribution < 1.29 is 4.74 Å². The van der Waals surface area contributed by atoms with Crippen molar-refractivity contribution in [1.82, 2.24) is 5.32 Å². The van der Waals surface area contributed by atoms with E-state index in [0.29, 0.717) is 0 Å². The zero-order valence-electron chi connectivity index (χ0n) is 13.0. The molecule has 1 unspecified atom stereocenters. The van der Waals surface area contributed by atoms with Crippen molar-refractivity contribution in [2.45, 2.75) is 26.8 Å². The highest BCUT2D eigenvalue weighted by atomic mass is 35.5. The van der Waals surface area contributed by atoms with E-state index in [1.54, 1.807) is 7.11 Å². The van der Waals surface area contributed by atoms with Crippen LogP contribution in [0.4, 0.5) is 0 Å². The van der Waals surface area contributed by atoms with Crippen molar-refractivity contribution in [2.24, 2.45) is 0 Å². The first-order valence-electron chi connectivity index (χ1n) is 7.21. The lowest BCUT2D eigenvalue weighted by atomic mass is 9.95. The summed E-state index contributed by atoms with van der Waals surface area (Å²) < 4.78 is 5.45. The molecule has 2 aromatic rings. The lowest BCUT2D eigenvalue weighted by Gasteiger charge is -2.22. The Balaban J connectivity index is 2.51. The maximum absolute atomic E-state index is 6.38. The molecule has 0 aliphatic heterocycles. The Morgan fingerprint density at radius 1 is 1.14 bits per heavy atom. The van der Waals surface area contributed by atoms with Gasteiger partial charge in [0.2, 0.25) is 0 Å². The zero-order chi connectivity index (χ0) is 15.4. The molecule has 0 amide bonds. The second-order valence-corrected chi connectivity index (χ2v) is 5.61. The van der Waals surface area contributed by atoms with Crippen LogP contribution in [0.25, 0.3) is 0 Å². The molecule has 112 valence electrons. The number of methoxy groups -OCH3 is 1. The van der Waals surface area contributed by atoms with Gasteiger partial charge in [0.05, 0.1) is 13.2 Å². The number of nitrogens with one attached hydrogen (secondary N) is 1. The first kappa shape index (κ1) is 15.9. The summed E-state index contributed by atoms with van der Waals surface area (Å²) in [4.78, 5) is 0. The van der Waals surface area contributed by atoms with Gasteiger partial charge in [-0.1, -0.05) is 48.9 Å². The van der Waals surface area contributed by atoms with Crippen LogP contribution in [0.15, 0.2) is 36.4 Å². The maximum Gasteiger partial charge on any atom is 0.124 e. The summed E-state index contributed by atoms with van der Waals surface area (Å²) in [5, 5.41) is 4.31. The van der Waals surface area contributed by atoms with E-state index in [2.05, 4.69) is 44.3 Å². The predicted octanol–water partition coefficient (Wildman–Crippen LogP) is 4.66. The third-order valence-electron chi connectivity index (χ3n) is 3.64. The van der Waals surface area contributed by atoms with Crippen molar-refractivity contribution in [1.29, 1.82) is 0 Å². The number of benzene rings is 2. The van der Waals surface area contributed by atoms with Crippen molar-refractivity contribution in [3.8, 4) is 5.75 Å². The Morgan fingerprint density at radius 3 is 2.29 bits per heavy atom. The highest BCUT2D eigenvalue weighted by Gasteiger charge is 2.17. The molecule has 0 aliphatic carbocycles. The van der Waals surface area contributed by atoms with Gasteiger partial charge < -0.3 is 10.1 Å². The summed E-state index contributed by atoms with van der Waals surface area (Å²) in [6.07, 6.45) is 0. The molecule has 0 fully saturated rings. The topological polar surface area (TPSA) is 21.3 Å². The van der Waals surface area contributed by atoms with E-state index in [-0.39, 0.29) is 6.04 Å². The third-order valence-corrected chi connectivity index (χ3v) is 3.99. The monoisotopic (exact) mass is 303 g/mol. The molecular formula is C18H22ClNO. The molecule has 0 saturated heterocycles. The van der Waals surface area contributed by atoms with Gasteiger partial charge in [-0.15, -0.1) is 0 Å². The molecule has 1 N–H and O–H groups in total. The lowest BCUT2D eigenvalue weighted by molar-refractivity contribution is 0.408. The third kappa shape index (κ3) is 3.39. The summed E-state index contributed by atoms with van der Waals surface area (Å²) >= 11 is 6.38. The molecular weight excluding hydrogens is 282 g/mol. The van der Waals surface area contributed by atoms with Gasteiger partial charge in [-0.3, -0.25) is 0 Å². The molecule has 0 radical (unpaired) electrons. The van der Waals surface area contributed by atoms with E-state index >= 15 is 0 Å². The number of aryl methyl sites for hydroxylation is 2. The molecule has 21 heavy (non-hydrogen) atoms. The van der Waals surface area contributed by atoms with Gasteiger partial charge >= 0.3 is 0 Å². The Morgan fingerprint density at radius 2 is 1.76 bits per heavy atom. The van der Waals surface area contributed by atoms with Crippen LogP contribution in [0.5, 0.6) is 5.75 Å².